The van der Waals surface area contributed by atoms with Gasteiger partial charge in [0.05, 0.1) is 0 Å². The van der Waals surface area contributed by atoms with Crippen molar-refractivity contribution >= 4 is 27.9 Å². The van der Waals surface area contributed by atoms with Crippen molar-refractivity contribution < 1.29 is 17.1 Å². The van der Waals surface area contributed by atoms with Gasteiger partial charge in [-0.3, -0.25) is 0 Å². The van der Waals surface area contributed by atoms with Crippen LogP contribution in [-0.2, 0) is 13.8 Å². The van der Waals surface area contributed by atoms with Crippen molar-refractivity contribution in [2.45, 2.75) is 13.8 Å². The van der Waals surface area contributed by atoms with E-state index in [9.17, 15) is 0 Å². The Morgan fingerprint density at radius 3 is 1.92 bits per heavy atom. The Labute approximate surface area is 93.4 Å². The SMILES string of the molecule is Cc1cccc(C)c1[O][Ti]([Cl])([Cl])[Cl]. The molecule has 1 aromatic rings. The summed E-state index contributed by atoms with van der Waals surface area (Å²) in [5, 5.41) is 0. The molecule has 1 nitrogen and oxygen atoms in total. The molecular weight excluding hydrogens is 266 g/mol. The first-order valence-electron chi connectivity index (χ1n) is 3.72. The molecule has 5 heteroatoms. The Morgan fingerprint density at radius 1 is 1.08 bits per heavy atom. The summed E-state index contributed by atoms with van der Waals surface area (Å²) in [6.07, 6.45) is 0. The van der Waals surface area contributed by atoms with Crippen molar-refractivity contribution in [3.05, 3.63) is 29.3 Å². The molecule has 72 valence electrons. The Hall–Kier alpha value is 0.604. The first-order chi connectivity index (χ1) is 5.90. The standard InChI is InChI=1S/C8H10O.3ClH.Ti/c1-6-4-3-5-7(2)8(6)9;;;;/h3-5,9H,1-2H3;3*1H;/q;;;;+4/p-4. The molecule has 1 aromatic carbocycles. The Morgan fingerprint density at radius 2 is 1.54 bits per heavy atom. The van der Waals surface area contributed by atoms with Crippen LogP contribution in [0.3, 0.4) is 0 Å². The van der Waals surface area contributed by atoms with Crippen LogP contribution in [0.15, 0.2) is 18.2 Å². The third-order valence-electron chi connectivity index (χ3n) is 1.63. The number of para-hydroxylation sites is 1. The average Bonchev–Trinajstić information content (AvgIpc) is 1.95. The summed E-state index contributed by atoms with van der Waals surface area (Å²) < 4.78 is 5.35. The molecular formula is C8H9Cl3OTi. The third-order valence-corrected chi connectivity index (χ3v) is 3.26. The van der Waals surface area contributed by atoms with E-state index in [-0.39, 0.29) is 0 Å². The Bertz CT molecular complexity index is 288. The molecule has 0 aliphatic rings. The molecule has 0 saturated carbocycles. The van der Waals surface area contributed by atoms with Crippen LogP contribution in [0.5, 0.6) is 5.75 Å². The molecule has 0 bridgehead atoms. The minimum atomic E-state index is -3.52. The average molecular weight is 275 g/mol. The Balaban J connectivity index is 3.00. The van der Waals surface area contributed by atoms with Gasteiger partial charge in [-0.25, -0.2) is 0 Å². The number of benzene rings is 1. The molecule has 0 heterocycles. The van der Waals surface area contributed by atoms with E-state index < -0.39 is 13.8 Å². The number of hydrogen-bond donors (Lipinski definition) is 0. The van der Waals surface area contributed by atoms with Gasteiger partial charge in [0, 0.05) is 0 Å². The summed E-state index contributed by atoms with van der Waals surface area (Å²) in [6.45, 7) is 3.86. The summed E-state index contributed by atoms with van der Waals surface area (Å²) in [5.74, 6) is 0.711. The molecule has 1 rings (SSSR count). The van der Waals surface area contributed by atoms with Gasteiger partial charge in [0.1, 0.15) is 0 Å². The Kier molecular flexibility index (Phi) is 3.97. The van der Waals surface area contributed by atoms with Gasteiger partial charge in [-0.05, 0) is 0 Å². The fourth-order valence-electron chi connectivity index (χ4n) is 1.08. The molecule has 0 aliphatic heterocycles. The van der Waals surface area contributed by atoms with E-state index in [2.05, 4.69) is 0 Å². The van der Waals surface area contributed by atoms with E-state index in [0.717, 1.165) is 11.1 Å². The van der Waals surface area contributed by atoms with Gasteiger partial charge in [-0.2, -0.15) is 0 Å². The van der Waals surface area contributed by atoms with E-state index in [1.165, 1.54) is 0 Å². The third kappa shape index (κ3) is 3.69. The second-order valence-corrected chi connectivity index (χ2v) is 13.5. The van der Waals surface area contributed by atoms with Gasteiger partial charge >= 0.3 is 94.0 Å². The molecule has 0 fully saturated rings. The van der Waals surface area contributed by atoms with Crippen LogP contribution in [0.1, 0.15) is 11.1 Å². The van der Waals surface area contributed by atoms with Crippen LogP contribution in [-0.4, -0.2) is 0 Å². The number of aryl methyl sites for hydroxylation is 2. The molecule has 0 aliphatic carbocycles. The molecule has 13 heavy (non-hydrogen) atoms. The van der Waals surface area contributed by atoms with Crippen molar-refractivity contribution in [3.63, 3.8) is 0 Å². The van der Waals surface area contributed by atoms with Crippen molar-refractivity contribution in [2.24, 2.45) is 0 Å². The number of hydrogen-bond acceptors (Lipinski definition) is 1. The van der Waals surface area contributed by atoms with Gasteiger partial charge in [-0.15, -0.1) is 0 Å². The molecule has 0 radical (unpaired) electrons. The van der Waals surface area contributed by atoms with Crippen molar-refractivity contribution in [1.82, 2.24) is 0 Å². The number of rotatable bonds is 2. The van der Waals surface area contributed by atoms with Gasteiger partial charge in [0.15, 0.2) is 0 Å². The minimum absolute atomic E-state index is 0.711. The molecule has 0 aromatic heterocycles. The number of halogens is 3. The van der Waals surface area contributed by atoms with Crippen molar-refractivity contribution in [1.29, 1.82) is 0 Å². The zero-order valence-corrected chi connectivity index (χ0v) is 11.1. The summed E-state index contributed by atoms with van der Waals surface area (Å²) in [5.41, 5.74) is 1.99. The maximum atomic E-state index is 5.71. The van der Waals surface area contributed by atoms with Gasteiger partial charge in [0.2, 0.25) is 0 Å². The topological polar surface area (TPSA) is 9.23 Å². The summed E-state index contributed by atoms with van der Waals surface area (Å²) in [6, 6.07) is 5.81. The van der Waals surface area contributed by atoms with Crippen LogP contribution >= 0.6 is 27.9 Å². The first kappa shape index (κ1) is 11.7. The van der Waals surface area contributed by atoms with Crippen LogP contribution in [0.2, 0.25) is 0 Å². The second kappa shape index (κ2) is 4.42. The molecule has 0 spiro atoms. The van der Waals surface area contributed by atoms with E-state index >= 15 is 0 Å². The summed E-state index contributed by atoms with van der Waals surface area (Å²) >= 11 is -3.52. The van der Waals surface area contributed by atoms with Gasteiger partial charge < -0.3 is 0 Å². The molecule has 0 N–H and O–H groups in total. The predicted octanol–water partition coefficient (Wildman–Crippen LogP) is 4.21. The van der Waals surface area contributed by atoms with Crippen LogP contribution in [0, 0.1) is 13.8 Å². The molecule has 0 amide bonds. The molecule has 0 unspecified atom stereocenters. The monoisotopic (exact) mass is 274 g/mol. The van der Waals surface area contributed by atoms with Crippen LogP contribution in [0.25, 0.3) is 0 Å². The quantitative estimate of drug-likeness (QED) is 0.735. The molecule has 0 atom stereocenters. The van der Waals surface area contributed by atoms with E-state index in [1.807, 2.05) is 32.0 Å². The summed E-state index contributed by atoms with van der Waals surface area (Å²) in [7, 11) is 17.1. The van der Waals surface area contributed by atoms with E-state index in [1.54, 1.807) is 0 Å². The summed E-state index contributed by atoms with van der Waals surface area (Å²) in [4.78, 5) is 0. The zero-order valence-electron chi connectivity index (χ0n) is 7.27. The van der Waals surface area contributed by atoms with Gasteiger partial charge in [0.25, 0.3) is 0 Å². The van der Waals surface area contributed by atoms with E-state index in [0.29, 0.717) is 5.75 Å². The van der Waals surface area contributed by atoms with Crippen LogP contribution in [0.4, 0.5) is 0 Å². The fraction of sp³-hybridized carbons (Fsp3) is 0.250. The predicted molar refractivity (Wildman–Crippen MR) is 54.1 cm³/mol. The van der Waals surface area contributed by atoms with Gasteiger partial charge in [-0.1, -0.05) is 0 Å². The molecule has 0 saturated heterocycles. The maximum absolute atomic E-state index is 5.71. The van der Waals surface area contributed by atoms with E-state index in [4.69, 9.17) is 31.2 Å². The zero-order chi connectivity index (χ0) is 10.1. The van der Waals surface area contributed by atoms with Crippen molar-refractivity contribution in [3.8, 4) is 5.75 Å². The normalized spacial score (nSPS) is 11.5. The first-order valence-corrected chi connectivity index (χ1v) is 10.8. The van der Waals surface area contributed by atoms with Crippen LogP contribution < -0.4 is 3.32 Å². The van der Waals surface area contributed by atoms with Crippen molar-refractivity contribution in [2.75, 3.05) is 0 Å². The fourth-order valence-corrected chi connectivity index (χ4v) is 2.89. The second-order valence-electron chi connectivity index (χ2n) is 2.77.